The third-order valence-corrected chi connectivity index (χ3v) is 3.78. The first-order valence-corrected chi connectivity index (χ1v) is 7.01. The van der Waals surface area contributed by atoms with E-state index in [0.29, 0.717) is 23.5 Å². The maximum Gasteiger partial charge on any atom is 0.267 e. The van der Waals surface area contributed by atoms with Gasteiger partial charge in [0.1, 0.15) is 11.5 Å². The molecule has 2 rings (SSSR count). The molecule has 1 fully saturated rings. The molecule has 0 spiro atoms. The highest BCUT2D eigenvalue weighted by Crippen LogP contribution is 2.21. The summed E-state index contributed by atoms with van der Waals surface area (Å²) in [5.41, 5.74) is 11.9. The van der Waals surface area contributed by atoms with Crippen molar-refractivity contribution in [1.82, 2.24) is 9.88 Å². The summed E-state index contributed by atoms with van der Waals surface area (Å²) < 4.78 is 0. The van der Waals surface area contributed by atoms with Crippen LogP contribution >= 0.6 is 0 Å². The Kier molecular flexibility index (Phi) is 4.44. The van der Waals surface area contributed by atoms with E-state index in [9.17, 15) is 4.79 Å². The molecule has 2 heterocycles. The summed E-state index contributed by atoms with van der Waals surface area (Å²) in [6, 6.07) is 3.78. The number of nitrogens with two attached hydrogens (primary N) is 2. The fourth-order valence-corrected chi connectivity index (χ4v) is 2.49. The van der Waals surface area contributed by atoms with Crippen molar-refractivity contribution in [2.75, 3.05) is 30.7 Å². The van der Waals surface area contributed by atoms with E-state index in [4.69, 9.17) is 11.5 Å². The minimum absolute atomic E-state index is 0.233. The number of aromatic nitrogens is 1. The Morgan fingerprint density at radius 2 is 2.30 bits per heavy atom. The molecule has 1 atom stereocenters. The van der Waals surface area contributed by atoms with E-state index in [1.807, 2.05) is 0 Å². The van der Waals surface area contributed by atoms with Gasteiger partial charge in [0.2, 0.25) is 0 Å². The molecular formula is C14H23N5O. The summed E-state index contributed by atoms with van der Waals surface area (Å²) in [7, 11) is 0. The van der Waals surface area contributed by atoms with Gasteiger partial charge in [-0.1, -0.05) is 0 Å². The van der Waals surface area contributed by atoms with Gasteiger partial charge in [0.05, 0.1) is 5.69 Å². The molecule has 5 N–H and O–H groups in total. The quantitative estimate of drug-likeness (QED) is 0.743. The standard InChI is InChI=1S/C14H23N5O/c1-9(2)19-6-5-10(8-19)7-17-14-11(15)3-4-12(18-14)13(16)20/h3-4,9-10H,5-8,15H2,1-2H3,(H2,16,20)(H,17,18). The third kappa shape index (κ3) is 3.39. The van der Waals surface area contributed by atoms with Gasteiger partial charge >= 0.3 is 0 Å². The zero-order chi connectivity index (χ0) is 14.7. The van der Waals surface area contributed by atoms with Crippen molar-refractivity contribution in [3.8, 4) is 0 Å². The van der Waals surface area contributed by atoms with E-state index < -0.39 is 5.91 Å². The second-order valence-electron chi connectivity index (χ2n) is 5.62. The Balaban J connectivity index is 1.94. The molecule has 1 unspecified atom stereocenters. The van der Waals surface area contributed by atoms with Crippen LogP contribution in [0.1, 0.15) is 30.8 Å². The number of nitrogens with one attached hydrogen (secondary N) is 1. The zero-order valence-electron chi connectivity index (χ0n) is 12.1. The number of rotatable bonds is 5. The first kappa shape index (κ1) is 14.6. The number of carbonyl (C=O) groups excluding carboxylic acids is 1. The lowest BCUT2D eigenvalue weighted by molar-refractivity contribution is 0.0996. The number of likely N-dealkylation sites (tertiary alicyclic amines) is 1. The van der Waals surface area contributed by atoms with Crippen molar-refractivity contribution < 1.29 is 4.79 Å². The molecule has 0 aromatic carbocycles. The maximum atomic E-state index is 11.1. The van der Waals surface area contributed by atoms with E-state index >= 15 is 0 Å². The lowest BCUT2D eigenvalue weighted by Crippen LogP contribution is -2.29. The van der Waals surface area contributed by atoms with E-state index in [0.717, 1.165) is 19.6 Å². The van der Waals surface area contributed by atoms with Gasteiger partial charge in [-0.25, -0.2) is 4.98 Å². The number of hydrogen-bond acceptors (Lipinski definition) is 5. The van der Waals surface area contributed by atoms with Gasteiger partial charge < -0.3 is 21.7 Å². The van der Waals surface area contributed by atoms with E-state index in [-0.39, 0.29) is 5.69 Å². The molecule has 6 nitrogen and oxygen atoms in total. The molecule has 0 saturated carbocycles. The van der Waals surface area contributed by atoms with Crippen LogP contribution in [0.5, 0.6) is 0 Å². The highest BCUT2D eigenvalue weighted by molar-refractivity contribution is 5.91. The van der Waals surface area contributed by atoms with Crippen LogP contribution in [0.25, 0.3) is 0 Å². The number of primary amides is 1. The molecule has 1 aliphatic heterocycles. The zero-order valence-corrected chi connectivity index (χ0v) is 12.1. The molecule has 0 aliphatic carbocycles. The summed E-state index contributed by atoms with van der Waals surface area (Å²) in [6.07, 6.45) is 1.17. The Hall–Kier alpha value is -1.82. The lowest BCUT2D eigenvalue weighted by atomic mass is 10.1. The summed E-state index contributed by atoms with van der Waals surface area (Å²) in [4.78, 5) is 17.8. The maximum absolute atomic E-state index is 11.1. The Labute approximate surface area is 119 Å². The van der Waals surface area contributed by atoms with Gasteiger partial charge in [-0.2, -0.15) is 0 Å². The Morgan fingerprint density at radius 1 is 1.55 bits per heavy atom. The Morgan fingerprint density at radius 3 is 2.90 bits per heavy atom. The highest BCUT2D eigenvalue weighted by Gasteiger charge is 2.24. The van der Waals surface area contributed by atoms with Gasteiger partial charge in [-0.3, -0.25) is 4.79 Å². The van der Waals surface area contributed by atoms with Crippen LogP contribution in [0.15, 0.2) is 12.1 Å². The van der Waals surface area contributed by atoms with Crippen LogP contribution in [-0.2, 0) is 0 Å². The van der Waals surface area contributed by atoms with Crippen LogP contribution in [0.3, 0.4) is 0 Å². The number of amides is 1. The summed E-state index contributed by atoms with van der Waals surface area (Å²) in [5.74, 6) is 0.583. The molecule has 1 amide bonds. The van der Waals surface area contributed by atoms with Crippen molar-refractivity contribution in [3.05, 3.63) is 17.8 Å². The van der Waals surface area contributed by atoms with Crippen LogP contribution in [0, 0.1) is 5.92 Å². The van der Waals surface area contributed by atoms with Crippen molar-refractivity contribution >= 4 is 17.4 Å². The number of carbonyl (C=O) groups is 1. The second-order valence-corrected chi connectivity index (χ2v) is 5.62. The summed E-state index contributed by atoms with van der Waals surface area (Å²) >= 11 is 0. The minimum Gasteiger partial charge on any atom is -0.396 e. The number of nitrogens with zero attached hydrogens (tertiary/aromatic N) is 2. The number of anilines is 2. The van der Waals surface area contributed by atoms with Gasteiger partial charge in [-0.15, -0.1) is 0 Å². The molecule has 1 aromatic rings. The van der Waals surface area contributed by atoms with E-state index in [1.54, 1.807) is 12.1 Å². The SMILES string of the molecule is CC(C)N1CCC(CNc2nc(C(N)=O)ccc2N)C1. The number of nitrogen functional groups attached to an aromatic ring is 1. The van der Waals surface area contributed by atoms with Gasteiger partial charge in [-0.05, 0) is 44.9 Å². The van der Waals surface area contributed by atoms with Crippen molar-refractivity contribution in [2.24, 2.45) is 11.7 Å². The van der Waals surface area contributed by atoms with Crippen molar-refractivity contribution in [2.45, 2.75) is 26.3 Å². The monoisotopic (exact) mass is 277 g/mol. The first-order chi connectivity index (χ1) is 9.47. The summed E-state index contributed by atoms with van der Waals surface area (Å²) in [6.45, 7) is 7.45. The largest absolute Gasteiger partial charge is 0.396 e. The third-order valence-electron chi connectivity index (χ3n) is 3.78. The van der Waals surface area contributed by atoms with Gasteiger partial charge in [0, 0.05) is 19.1 Å². The van der Waals surface area contributed by atoms with Crippen LogP contribution in [0.2, 0.25) is 0 Å². The molecule has 20 heavy (non-hydrogen) atoms. The highest BCUT2D eigenvalue weighted by atomic mass is 16.1. The fraction of sp³-hybridized carbons (Fsp3) is 0.571. The molecule has 1 aliphatic rings. The molecule has 6 heteroatoms. The normalized spacial score (nSPS) is 19.4. The fourth-order valence-electron chi connectivity index (χ4n) is 2.49. The average molecular weight is 277 g/mol. The number of hydrogen-bond donors (Lipinski definition) is 3. The predicted molar refractivity (Wildman–Crippen MR) is 80.5 cm³/mol. The first-order valence-electron chi connectivity index (χ1n) is 7.01. The van der Waals surface area contributed by atoms with E-state index in [2.05, 4.69) is 29.0 Å². The smallest absolute Gasteiger partial charge is 0.267 e. The molecule has 0 radical (unpaired) electrons. The van der Waals surface area contributed by atoms with Crippen molar-refractivity contribution in [1.29, 1.82) is 0 Å². The Bertz CT molecular complexity index is 488. The minimum atomic E-state index is -0.542. The molecular weight excluding hydrogens is 254 g/mol. The molecule has 110 valence electrons. The van der Waals surface area contributed by atoms with Gasteiger partial charge in [0.25, 0.3) is 5.91 Å². The molecule has 1 aromatic heterocycles. The number of pyridine rings is 1. The summed E-state index contributed by atoms with van der Waals surface area (Å²) in [5, 5.41) is 3.24. The van der Waals surface area contributed by atoms with Crippen LogP contribution in [-0.4, -0.2) is 41.5 Å². The average Bonchev–Trinajstić information content (AvgIpc) is 2.86. The van der Waals surface area contributed by atoms with E-state index in [1.165, 1.54) is 6.42 Å². The second kappa shape index (κ2) is 6.09. The molecule has 0 bridgehead atoms. The van der Waals surface area contributed by atoms with Crippen molar-refractivity contribution in [3.63, 3.8) is 0 Å². The van der Waals surface area contributed by atoms with Gasteiger partial charge in [0.15, 0.2) is 0 Å². The van der Waals surface area contributed by atoms with Crippen LogP contribution in [0.4, 0.5) is 11.5 Å². The predicted octanol–water partition coefficient (Wildman–Crippen LogP) is 0.905. The molecule has 1 saturated heterocycles. The van der Waals surface area contributed by atoms with Crippen LogP contribution < -0.4 is 16.8 Å². The topological polar surface area (TPSA) is 97.3 Å². The lowest BCUT2D eigenvalue weighted by Gasteiger charge is -2.20.